The highest BCUT2D eigenvalue weighted by Gasteiger charge is 2.52. The summed E-state index contributed by atoms with van der Waals surface area (Å²) in [5.74, 6) is -2.74. The molecule has 1 fully saturated rings. The van der Waals surface area contributed by atoms with Crippen LogP contribution in [0.4, 0.5) is 14.6 Å². The maximum atomic E-state index is 14.3. The molecule has 4 rings (SSSR count). The van der Waals surface area contributed by atoms with E-state index in [2.05, 4.69) is 26.2 Å². The van der Waals surface area contributed by atoms with Gasteiger partial charge in [-0.15, -0.1) is 0 Å². The van der Waals surface area contributed by atoms with E-state index in [-0.39, 0.29) is 29.3 Å². The molecule has 1 amide bonds. The number of halogens is 3. The second-order valence-electron chi connectivity index (χ2n) is 7.76. The average Bonchev–Trinajstić information content (AvgIpc) is 3.13. The van der Waals surface area contributed by atoms with Gasteiger partial charge in [0.15, 0.2) is 17.9 Å². The van der Waals surface area contributed by atoms with Gasteiger partial charge in [-0.05, 0) is 53.9 Å². The maximum absolute atomic E-state index is 14.3. The molecular formula is C21H21BrF2N4O3. The molecule has 1 saturated heterocycles. The highest BCUT2D eigenvalue weighted by molar-refractivity contribution is 9.10. The zero-order chi connectivity index (χ0) is 22.3. The predicted molar refractivity (Wildman–Crippen MR) is 112 cm³/mol. The number of aromatic nitrogens is 1. The van der Waals surface area contributed by atoms with Gasteiger partial charge in [0.1, 0.15) is 17.2 Å². The van der Waals surface area contributed by atoms with Crippen molar-refractivity contribution in [3.8, 4) is 0 Å². The second-order valence-corrected chi connectivity index (χ2v) is 8.68. The van der Waals surface area contributed by atoms with Gasteiger partial charge in [0.25, 0.3) is 5.91 Å². The van der Waals surface area contributed by atoms with E-state index in [9.17, 15) is 23.8 Å². The largest absolute Gasteiger partial charge is 0.510 e. The van der Waals surface area contributed by atoms with Crippen LogP contribution in [0.2, 0.25) is 0 Å². The first-order valence-corrected chi connectivity index (χ1v) is 10.5. The number of aliphatic hydroxyl groups excluding tert-OH is 2. The summed E-state index contributed by atoms with van der Waals surface area (Å²) < 4.78 is 28.8. The van der Waals surface area contributed by atoms with Crippen molar-refractivity contribution >= 4 is 27.7 Å². The molecule has 7 nitrogen and oxygen atoms in total. The van der Waals surface area contributed by atoms with Crippen LogP contribution in [0.3, 0.4) is 0 Å². The normalized spacial score (nSPS) is 24.4. The molecule has 2 aliphatic rings. The first-order chi connectivity index (χ1) is 14.7. The monoisotopic (exact) mass is 494 g/mol. The summed E-state index contributed by atoms with van der Waals surface area (Å²) in [5, 5.41) is 27.7. The fraction of sp³-hybridized carbons (Fsp3) is 0.333. The molecule has 0 radical (unpaired) electrons. The number of hydrogen-bond acceptors (Lipinski definition) is 6. The zero-order valence-electron chi connectivity index (χ0n) is 16.6. The van der Waals surface area contributed by atoms with E-state index in [1.807, 2.05) is 0 Å². The van der Waals surface area contributed by atoms with Gasteiger partial charge in [0, 0.05) is 29.3 Å². The molecule has 0 saturated carbocycles. The van der Waals surface area contributed by atoms with Crippen molar-refractivity contribution in [1.82, 2.24) is 15.0 Å². The number of carbonyl (C=O) groups excluding carboxylic acids is 1. The number of nitrogens with zero attached hydrogens (tertiary/aromatic N) is 3. The van der Waals surface area contributed by atoms with Gasteiger partial charge in [-0.1, -0.05) is 12.1 Å². The number of benzene rings is 1. The number of amides is 1. The minimum atomic E-state index is -1.57. The zero-order valence-corrected chi connectivity index (χ0v) is 18.2. The lowest BCUT2D eigenvalue weighted by atomic mass is 9.90. The number of carbonyl (C=O) groups is 1. The molecule has 3 N–H and O–H groups in total. The van der Waals surface area contributed by atoms with Gasteiger partial charge in [-0.3, -0.25) is 4.79 Å². The fourth-order valence-corrected chi connectivity index (χ4v) is 4.40. The quantitative estimate of drug-likeness (QED) is 0.602. The number of anilines is 1. The van der Waals surface area contributed by atoms with Crippen LogP contribution in [-0.4, -0.2) is 49.4 Å². The molecule has 1 unspecified atom stereocenters. The Morgan fingerprint density at radius 1 is 1.35 bits per heavy atom. The summed E-state index contributed by atoms with van der Waals surface area (Å²) in [4.78, 5) is 17.1. The third-order valence-corrected chi connectivity index (χ3v) is 6.27. The Labute approximate surface area is 186 Å². The van der Waals surface area contributed by atoms with Crippen LogP contribution in [0.1, 0.15) is 25.3 Å². The SMILES string of the molecule is C[C@]12CCCN1N(Cc1cccc(F)c1F)C(O)C(C(=O)Nc1ccc(Br)cn1)=C2O. The third kappa shape index (κ3) is 3.84. The molecule has 1 aromatic heterocycles. The van der Waals surface area contributed by atoms with Crippen LogP contribution in [0.25, 0.3) is 0 Å². The van der Waals surface area contributed by atoms with Crippen molar-refractivity contribution in [2.75, 3.05) is 11.9 Å². The van der Waals surface area contributed by atoms with Crippen LogP contribution >= 0.6 is 15.9 Å². The molecule has 1 aromatic carbocycles. The summed E-state index contributed by atoms with van der Waals surface area (Å²) in [7, 11) is 0. The van der Waals surface area contributed by atoms with Crippen LogP contribution < -0.4 is 5.32 Å². The van der Waals surface area contributed by atoms with Crippen LogP contribution in [-0.2, 0) is 11.3 Å². The van der Waals surface area contributed by atoms with Gasteiger partial charge >= 0.3 is 0 Å². The van der Waals surface area contributed by atoms with Crippen molar-refractivity contribution in [3.63, 3.8) is 0 Å². The summed E-state index contributed by atoms with van der Waals surface area (Å²) in [6, 6.07) is 7.07. The van der Waals surface area contributed by atoms with E-state index < -0.39 is 29.3 Å². The Bertz CT molecular complexity index is 1050. The third-order valence-electron chi connectivity index (χ3n) is 5.80. The lowest BCUT2D eigenvalue weighted by molar-refractivity contribution is -0.179. The van der Waals surface area contributed by atoms with Crippen LogP contribution in [0.5, 0.6) is 0 Å². The Balaban J connectivity index is 1.69. The van der Waals surface area contributed by atoms with Crippen molar-refractivity contribution in [3.05, 3.63) is 69.5 Å². The van der Waals surface area contributed by atoms with E-state index in [0.717, 1.165) is 10.5 Å². The molecular weight excluding hydrogens is 474 g/mol. The number of nitrogens with one attached hydrogen (secondary N) is 1. The Kier molecular flexibility index (Phi) is 5.82. The molecule has 31 heavy (non-hydrogen) atoms. The lowest BCUT2D eigenvalue weighted by Gasteiger charge is -2.49. The number of fused-ring (bicyclic) bond motifs is 1. The molecule has 0 aliphatic carbocycles. The van der Waals surface area contributed by atoms with E-state index in [1.165, 1.54) is 23.3 Å². The summed E-state index contributed by atoms with van der Waals surface area (Å²) in [6.07, 6.45) is 1.16. The fourth-order valence-electron chi connectivity index (χ4n) is 4.17. The first-order valence-electron chi connectivity index (χ1n) is 9.74. The van der Waals surface area contributed by atoms with E-state index >= 15 is 0 Å². The van der Waals surface area contributed by atoms with Crippen molar-refractivity contribution in [1.29, 1.82) is 0 Å². The highest BCUT2D eigenvalue weighted by Crippen LogP contribution is 2.43. The topological polar surface area (TPSA) is 88.9 Å². The van der Waals surface area contributed by atoms with Crippen molar-refractivity contribution in [2.24, 2.45) is 0 Å². The lowest BCUT2D eigenvalue weighted by Crippen LogP contribution is -2.62. The second kappa shape index (κ2) is 8.27. The molecule has 2 atom stereocenters. The molecule has 0 bridgehead atoms. The Morgan fingerprint density at radius 3 is 2.84 bits per heavy atom. The average molecular weight is 495 g/mol. The molecule has 0 spiro atoms. The minimum Gasteiger partial charge on any atom is -0.510 e. The van der Waals surface area contributed by atoms with E-state index in [4.69, 9.17) is 0 Å². The van der Waals surface area contributed by atoms with Crippen LogP contribution in [0.15, 0.2) is 52.3 Å². The predicted octanol–water partition coefficient (Wildman–Crippen LogP) is 3.48. The number of aliphatic hydroxyl groups is 2. The summed E-state index contributed by atoms with van der Waals surface area (Å²) >= 11 is 3.26. The number of hydrazine groups is 1. The standard InChI is InChI=1S/C21H21BrF2N4O3/c1-21-8-3-9-28(21)27(11-12-4-2-5-14(23)17(12)24)20(31)16(18(21)29)19(30)26-15-7-6-13(22)10-25-15/h2,4-7,10,20,29,31H,3,8-9,11H2,1H3,(H,25,26,30)/t20?,21-/m1/s1. The number of hydrogen-bond donors (Lipinski definition) is 3. The molecule has 2 aliphatic heterocycles. The Morgan fingerprint density at radius 2 is 2.13 bits per heavy atom. The van der Waals surface area contributed by atoms with E-state index in [1.54, 1.807) is 24.1 Å². The van der Waals surface area contributed by atoms with Crippen molar-refractivity contribution < 1.29 is 23.8 Å². The first kappa shape index (κ1) is 21.8. The van der Waals surface area contributed by atoms with Crippen LogP contribution in [0, 0.1) is 11.6 Å². The van der Waals surface area contributed by atoms with Crippen molar-refractivity contribution in [2.45, 2.75) is 38.1 Å². The number of rotatable bonds is 4. The van der Waals surface area contributed by atoms with Gasteiger partial charge in [0.05, 0.1) is 5.54 Å². The molecule has 3 heterocycles. The van der Waals surface area contributed by atoms with Gasteiger partial charge in [-0.25, -0.2) is 23.8 Å². The smallest absolute Gasteiger partial charge is 0.260 e. The molecule has 10 heteroatoms. The maximum Gasteiger partial charge on any atom is 0.260 e. The minimum absolute atomic E-state index is 0.0315. The summed E-state index contributed by atoms with van der Waals surface area (Å²) in [5.41, 5.74) is -1.17. The number of pyridine rings is 1. The Hall–Kier alpha value is -2.40. The van der Waals surface area contributed by atoms with Gasteiger partial charge in [-0.2, -0.15) is 0 Å². The van der Waals surface area contributed by atoms with E-state index in [0.29, 0.717) is 19.4 Å². The molecule has 2 aromatic rings. The van der Waals surface area contributed by atoms with Gasteiger partial charge in [0.2, 0.25) is 0 Å². The van der Waals surface area contributed by atoms with Gasteiger partial charge < -0.3 is 15.5 Å². The summed E-state index contributed by atoms with van der Waals surface area (Å²) in [6.45, 7) is 2.06. The molecule has 164 valence electrons. The highest BCUT2D eigenvalue weighted by atomic mass is 79.9.